The van der Waals surface area contributed by atoms with Crippen LogP contribution in [0.15, 0.2) is 36.7 Å². The van der Waals surface area contributed by atoms with Crippen LogP contribution in [0.4, 0.5) is 5.69 Å². The minimum absolute atomic E-state index is 0.602. The monoisotopic (exact) mass is 259 g/mol. The van der Waals surface area contributed by atoms with Crippen molar-refractivity contribution in [3.05, 3.63) is 42.2 Å². The predicted octanol–water partition coefficient (Wildman–Crippen LogP) is 1.88. The van der Waals surface area contributed by atoms with Crippen molar-refractivity contribution >= 4 is 5.69 Å². The minimum atomic E-state index is 0.602. The molecule has 0 atom stereocenters. The number of hydrogen-bond donors (Lipinski definition) is 1. The normalized spacial score (nSPS) is 20.3. The van der Waals surface area contributed by atoms with Gasteiger partial charge in [-0.1, -0.05) is 12.1 Å². The third-order valence-electron chi connectivity index (χ3n) is 3.92. The second-order valence-corrected chi connectivity index (χ2v) is 5.14. The molecule has 2 N–H and O–H groups in total. The van der Waals surface area contributed by atoms with Gasteiger partial charge in [0.2, 0.25) is 0 Å². The molecule has 2 aliphatic rings. The van der Waals surface area contributed by atoms with Crippen molar-refractivity contribution in [1.82, 2.24) is 4.90 Å². The molecule has 0 spiro atoms. The zero-order chi connectivity index (χ0) is 13.1. The van der Waals surface area contributed by atoms with Gasteiger partial charge in [-0.05, 0) is 30.5 Å². The van der Waals surface area contributed by atoms with E-state index in [1.54, 1.807) is 0 Å². The average molecular weight is 259 g/mol. The van der Waals surface area contributed by atoms with Gasteiger partial charge in [0, 0.05) is 43.9 Å². The third kappa shape index (κ3) is 2.74. The molecule has 4 heteroatoms. The second-order valence-electron chi connectivity index (χ2n) is 5.14. The van der Waals surface area contributed by atoms with Gasteiger partial charge in [0.15, 0.2) is 0 Å². The summed E-state index contributed by atoms with van der Waals surface area (Å²) in [4.78, 5) is 4.69. The number of benzene rings is 1. The first-order chi connectivity index (χ1) is 9.36. The Morgan fingerprint density at radius 1 is 1.11 bits per heavy atom. The molecular formula is C15H21N3O. The summed E-state index contributed by atoms with van der Waals surface area (Å²) in [6, 6.07) is 9.10. The summed E-state index contributed by atoms with van der Waals surface area (Å²) in [5.74, 6) is 0. The molecule has 0 amide bonds. The smallest absolute Gasteiger partial charge is 0.0944 e. The predicted molar refractivity (Wildman–Crippen MR) is 76.5 cm³/mol. The molecule has 2 aliphatic heterocycles. The van der Waals surface area contributed by atoms with E-state index in [4.69, 9.17) is 10.5 Å². The standard InChI is InChI=1S/C15H21N3O/c16-11-13-1-3-14(4-2-13)17-7-8-18(12-17)15-5-9-19-10-6-15/h1-4,7-8,15H,5-6,9-12,16H2. The molecule has 1 aromatic rings. The molecular weight excluding hydrogens is 238 g/mol. The fraction of sp³-hybridized carbons (Fsp3) is 0.467. The molecule has 0 bridgehead atoms. The number of ether oxygens (including phenoxy) is 1. The Labute approximate surface area is 114 Å². The molecule has 4 nitrogen and oxygen atoms in total. The van der Waals surface area contributed by atoms with Crippen molar-refractivity contribution in [1.29, 1.82) is 0 Å². The van der Waals surface area contributed by atoms with Crippen LogP contribution in [0.2, 0.25) is 0 Å². The fourth-order valence-electron chi connectivity index (χ4n) is 2.68. The number of nitrogens with zero attached hydrogens (tertiary/aromatic N) is 2. The topological polar surface area (TPSA) is 41.7 Å². The Morgan fingerprint density at radius 2 is 1.84 bits per heavy atom. The van der Waals surface area contributed by atoms with Crippen LogP contribution in [0, 0.1) is 0 Å². The van der Waals surface area contributed by atoms with Gasteiger partial charge in [-0.2, -0.15) is 0 Å². The van der Waals surface area contributed by atoms with Crippen LogP contribution >= 0.6 is 0 Å². The quantitative estimate of drug-likeness (QED) is 0.900. The van der Waals surface area contributed by atoms with Gasteiger partial charge in [-0.25, -0.2) is 0 Å². The van der Waals surface area contributed by atoms with E-state index in [9.17, 15) is 0 Å². The van der Waals surface area contributed by atoms with E-state index >= 15 is 0 Å². The molecule has 0 radical (unpaired) electrons. The van der Waals surface area contributed by atoms with Gasteiger partial charge < -0.3 is 20.3 Å². The van der Waals surface area contributed by atoms with Crippen LogP contribution < -0.4 is 10.6 Å². The molecule has 0 aliphatic carbocycles. The zero-order valence-corrected chi connectivity index (χ0v) is 11.2. The summed E-state index contributed by atoms with van der Waals surface area (Å²) >= 11 is 0. The van der Waals surface area contributed by atoms with Crippen LogP contribution in [0.5, 0.6) is 0 Å². The van der Waals surface area contributed by atoms with Crippen LogP contribution in [0.3, 0.4) is 0 Å². The number of hydrogen-bond acceptors (Lipinski definition) is 4. The Hall–Kier alpha value is -1.52. The SMILES string of the molecule is NCc1ccc(N2C=CN(C3CCOCC3)C2)cc1. The number of anilines is 1. The minimum Gasteiger partial charge on any atom is -0.381 e. The third-order valence-corrected chi connectivity index (χ3v) is 3.92. The molecule has 2 heterocycles. The molecule has 0 unspecified atom stereocenters. The van der Waals surface area contributed by atoms with Gasteiger partial charge in [0.1, 0.15) is 0 Å². The van der Waals surface area contributed by atoms with E-state index in [0.29, 0.717) is 12.6 Å². The van der Waals surface area contributed by atoms with Crippen LogP contribution in [0.25, 0.3) is 0 Å². The highest BCUT2D eigenvalue weighted by molar-refractivity contribution is 5.51. The van der Waals surface area contributed by atoms with Crippen LogP contribution in [0.1, 0.15) is 18.4 Å². The molecule has 3 rings (SSSR count). The Bertz CT molecular complexity index is 437. The Morgan fingerprint density at radius 3 is 2.53 bits per heavy atom. The molecule has 0 aromatic heterocycles. The lowest BCUT2D eigenvalue weighted by atomic mass is 10.1. The summed E-state index contributed by atoms with van der Waals surface area (Å²) < 4.78 is 5.42. The van der Waals surface area contributed by atoms with Crippen LogP contribution in [-0.2, 0) is 11.3 Å². The zero-order valence-electron chi connectivity index (χ0n) is 11.2. The van der Waals surface area contributed by atoms with Gasteiger partial charge in [0.05, 0.1) is 6.67 Å². The summed E-state index contributed by atoms with van der Waals surface area (Å²) in [7, 11) is 0. The maximum absolute atomic E-state index is 5.63. The first-order valence-corrected chi connectivity index (χ1v) is 6.94. The average Bonchev–Trinajstić information content (AvgIpc) is 2.98. The lowest BCUT2D eigenvalue weighted by Crippen LogP contribution is -2.37. The summed E-state index contributed by atoms with van der Waals surface area (Å²) in [5.41, 5.74) is 8.02. The number of rotatable bonds is 3. The van der Waals surface area contributed by atoms with E-state index < -0.39 is 0 Å². The summed E-state index contributed by atoms with van der Waals surface area (Å²) in [6.45, 7) is 3.32. The van der Waals surface area contributed by atoms with Gasteiger partial charge >= 0.3 is 0 Å². The van der Waals surface area contributed by atoms with Crippen molar-refractivity contribution in [2.45, 2.75) is 25.4 Å². The van der Waals surface area contributed by atoms with Crippen molar-refractivity contribution in [3.8, 4) is 0 Å². The highest BCUT2D eigenvalue weighted by atomic mass is 16.5. The largest absolute Gasteiger partial charge is 0.381 e. The van der Waals surface area contributed by atoms with E-state index in [-0.39, 0.29) is 0 Å². The molecule has 19 heavy (non-hydrogen) atoms. The highest BCUT2D eigenvalue weighted by Crippen LogP contribution is 2.24. The van der Waals surface area contributed by atoms with Crippen molar-refractivity contribution in [2.24, 2.45) is 5.73 Å². The molecule has 1 saturated heterocycles. The first kappa shape index (κ1) is 12.5. The van der Waals surface area contributed by atoms with Crippen molar-refractivity contribution in [3.63, 3.8) is 0 Å². The van der Waals surface area contributed by atoms with Crippen molar-refractivity contribution < 1.29 is 4.74 Å². The Balaban J connectivity index is 1.63. The van der Waals surface area contributed by atoms with Gasteiger partial charge in [0.25, 0.3) is 0 Å². The molecule has 102 valence electrons. The van der Waals surface area contributed by atoms with E-state index in [1.807, 2.05) is 0 Å². The lowest BCUT2D eigenvalue weighted by Gasteiger charge is -2.32. The lowest BCUT2D eigenvalue weighted by molar-refractivity contribution is 0.0520. The molecule has 1 aromatic carbocycles. The van der Waals surface area contributed by atoms with Crippen LogP contribution in [-0.4, -0.2) is 30.8 Å². The Kier molecular flexibility index (Phi) is 3.71. The van der Waals surface area contributed by atoms with Gasteiger partial charge in [-0.3, -0.25) is 0 Å². The summed E-state index contributed by atoms with van der Waals surface area (Å²) in [6.07, 6.45) is 6.62. The van der Waals surface area contributed by atoms with Crippen molar-refractivity contribution in [2.75, 3.05) is 24.8 Å². The maximum Gasteiger partial charge on any atom is 0.0944 e. The summed E-state index contributed by atoms with van der Waals surface area (Å²) in [5, 5.41) is 0. The maximum atomic E-state index is 5.63. The molecule has 1 fully saturated rings. The fourth-order valence-corrected chi connectivity index (χ4v) is 2.68. The van der Waals surface area contributed by atoms with E-state index in [1.165, 1.54) is 11.3 Å². The van der Waals surface area contributed by atoms with E-state index in [2.05, 4.69) is 46.5 Å². The number of nitrogens with two attached hydrogens (primary N) is 1. The second kappa shape index (κ2) is 5.63. The molecule has 0 saturated carbocycles. The first-order valence-electron chi connectivity index (χ1n) is 6.94. The highest BCUT2D eigenvalue weighted by Gasteiger charge is 2.23. The van der Waals surface area contributed by atoms with Gasteiger partial charge in [-0.15, -0.1) is 0 Å². The van der Waals surface area contributed by atoms with E-state index in [0.717, 1.165) is 32.7 Å².